The van der Waals surface area contributed by atoms with Crippen LogP contribution in [0.1, 0.15) is 27.2 Å². The number of aryl methyl sites for hydroxylation is 2. The summed E-state index contributed by atoms with van der Waals surface area (Å²) in [5.41, 5.74) is 3.60. The first-order valence-electron chi connectivity index (χ1n) is 8.37. The van der Waals surface area contributed by atoms with Crippen LogP contribution in [0.4, 0.5) is 10.1 Å². The molecule has 0 fully saturated rings. The van der Waals surface area contributed by atoms with Gasteiger partial charge < -0.3 is 9.88 Å². The van der Waals surface area contributed by atoms with Crippen LogP contribution >= 0.6 is 15.9 Å². The van der Waals surface area contributed by atoms with E-state index in [0.717, 1.165) is 11.1 Å². The van der Waals surface area contributed by atoms with Crippen molar-refractivity contribution in [3.05, 3.63) is 87.4 Å². The Hall–Kier alpha value is -2.73. The molecule has 0 aliphatic heterocycles. The maximum absolute atomic E-state index is 13.9. The van der Waals surface area contributed by atoms with E-state index in [0.29, 0.717) is 11.0 Å². The fourth-order valence-corrected chi connectivity index (χ4v) is 3.08. The third-order valence-electron chi connectivity index (χ3n) is 4.37. The molecule has 3 rings (SSSR count). The van der Waals surface area contributed by atoms with Gasteiger partial charge in [0.05, 0.1) is 11.4 Å². The topological polar surface area (TPSA) is 51.1 Å². The highest BCUT2D eigenvalue weighted by molar-refractivity contribution is 9.10. The lowest BCUT2D eigenvalue weighted by atomic mass is 10.1. The van der Waals surface area contributed by atoms with E-state index in [2.05, 4.69) is 27.3 Å². The molecule has 0 unspecified atom stereocenters. The molecule has 6 heteroatoms. The van der Waals surface area contributed by atoms with Crippen molar-refractivity contribution in [3.63, 3.8) is 0 Å². The third-order valence-corrected chi connectivity index (χ3v) is 4.87. The molecule has 1 heterocycles. The molecule has 1 amide bonds. The molecular formula is C21H18BrFN2O2. The van der Waals surface area contributed by atoms with Gasteiger partial charge in [0.25, 0.3) is 11.7 Å². The predicted octanol–water partition coefficient (Wildman–Crippen LogP) is 4.88. The third kappa shape index (κ3) is 4.34. The molecular weight excluding hydrogens is 411 g/mol. The molecule has 3 aromatic rings. The smallest absolute Gasteiger partial charge is 0.298 e. The van der Waals surface area contributed by atoms with E-state index in [1.165, 1.54) is 17.7 Å². The number of benzene rings is 2. The highest BCUT2D eigenvalue weighted by atomic mass is 79.9. The Kier molecular flexibility index (Phi) is 5.56. The summed E-state index contributed by atoms with van der Waals surface area (Å²) >= 11 is 3.15. The molecule has 0 spiro atoms. The zero-order chi connectivity index (χ0) is 19.6. The van der Waals surface area contributed by atoms with Crippen molar-refractivity contribution in [1.29, 1.82) is 0 Å². The summed E-state index contributed by atoms with van der Waals surface area (Å²) in [6, 6.07) is 13.6. The fraction of sp³-hybridized carbons (Fsp3) is 0.143. The van der Waals surface area contributed by atoms with Crippen LogP contribution in [0.25, 0.3) is 0 Å². The van der Waals surface area contributed by atoms with Crippen LogP contribution in [0.3, 0.4) is 0 Å². The van der Waals surface area contributed by atoms with E-state index >= 15 is 0 Å². The Morgan fingerprint density at radius 3 is 2.56 bits per heavy atom. The first-order chi connectivity index (χ1) is 12.8. The zero-order valence-corrected chi connectivity index (χ0v) is 16.5. The van der Waals surface area contributed by atoms with Crippen LogP contribution in [0, 0.1) is 19.7 Å². The number of halogens is 2. The van der Waals surface area contributed by atoms with Gasteiger partial charge in [-0.15, -0.1) is 0 Å². The van der Waals surface area contributed by atoms with E-state index in [4.69, 9.17) is 0 Å². The number of nitrogens with zero attached hydrogens (tertiary/aromatic N) is 1. The summed E-state index contributed by atoms with van der Waals surface area (Å²) in [5, 5.41) is 2.34. The minimum atomic E-state index is -0.878. The van der Waals surface area contributed by atoms with Gasteiger partial charge in [-0.2, -0.15) is 0 Å². The van der Waals surface area contributed by atoms with Crippen LogP contribution in [-0.2, 0) is 11.3 Å². The van der Waals surface area contributed by atoms with Crippen LogP contribution in [-0.4, -0.2) is 16.3 Å². The van der Waals surface area contributed by atoms with Gasteiger partial charge in [-0.3, -0.25) is 9.59 Å². The molecule has 0 aliphatic rings. The number of Topliss-reactive ketones (excluding diaryl/α,β-unsaturated/α-hetero) is 1. The second-order valence-corrected chi connectivity index (χ2v) is 7.26. The van der Waals surface area contributed by atoms with Crippen molar-refractivity contribution in [3.8, 4) is 0 Å². The number of nitrogens with one attached hydrogen (secondary N) is 1. The Balaban J connectivity index is 1.78. The van der Waals surface area contributed by atoms with Crippen LogP contribution in [0.15, 0.2) is 59.2 Å². The van der Waals surface area contributed by atoms with Gasteiger partial charge >= 0.3 is 0 Å². The number of ketones is 1. The standard InChI is InChI=1S/C21H18BrFN2O2/c1-13-5-6-15(10-14(13)2)12-25-9-3-4-19(25)20(26)21(27)24-18-8-7-16(22)11-17(18)23/h3-11H,12H2,1-2H3,(H,24,27). The van der Waals surface area contributed by atoms with Gasteiger partial charge in [-0.25, -0.2) is 4.39 Å². The van der Waals surface area contributed by atoms with Crippen molar-refractivity contribution in [2.75, 3.05) is 5.32 Å². The van der Waals surface area contributed by atoms with Gasteiger partial charge in [0.15, 0.2) is 0 Å². The van der Waals surface area contributed by atoms with Gasteiger partial charge in [0.2, 0.25) is 0 Å². The quantitative estimate of drug-likeness (QED) is 0.465. The number of aromatic nitrogens is 1. The molecule has 0 bridgehead atoms. The molecule has 0 saturated carbocycles. The molecule has 0 radical (unpaired) electrons. The monoisotopic (exact) mass is 428 g/mol. The average molecular weight is 429 g/mol. The second kappa shape index (κ2) is 7.88. The molecule has 0 aliphatic carbocycles. The van der Waals surface area contributed by atoms with Crippen molar-refractivity contribution in [2.24, 2.45) is 0 Å². The summed E-state index contributed by atoms with van der Waals surface area (Å²) in [7, 11) is 0. The lowest BCUT2D eigenvalue weighted by Crippen LogP contribution is -2.25. The van der Waals surface area contributed by atoms with Crippen LogP contribution in [0.2, 0.25) is 0 Å². The summed E-state index contributed by atoms with van der Waals surface area (Å²) < 4.78 is 16.2. The summed E-state index contributed by atoms with van der Waals surface area (Å²) in [5.74, 6) is -2.21. The first kappa shape index (κ1) is 19.0. The maximum Gasteiger partial charge on any atom is 0.298 e. The van der Waals surface area contributed by atoms with Crippen molar-refractivity contribution < 1.29 is 14.0 Å². The van der Waals surface area contributed by atoms with E-state index in [1.807, 2.05) is 26.0 Å². The highest BCUT2D eigenvalue weighted by Crippen LogP contribution is 2.20. The largest absolute Gasteiger partial charge is 0.340 e. The number of anilines is 1. The molecule has 0 atom stereocenters. The minimum Gasteiger partial charge on any atom is -0.340 e. The van der Waals surface area contributed by atoms with Gasteiger partial charge in [0, 0.05) is 17.2 Å². The van der Waals surface area contributed by atoms with Crippen molar-refractivity contribution in [1.82, 2.24) is 4.57 Å². The van der Waals surface area contributed by atoms with E-state index in [-0.39, 0.29) is 11.4 Å². The van der Waals surface area contributed by atoms with Crippen molar-refractivity contribution in [2.45, 2.75) is 20.4 Å². The average Bonchev–Trinajstić information content (AvgIpc) is 3.08. The minimum absolute atomic E-state index is 0.0381. The second-order valence-electron chi connectivity index (χ2n) is 6.35. The van der Waals surface area contributed by atoms with E-state index < -0.39 is 17.5 Å². The number of hydrogen-bond donors (Lipinski definition) is 1. The summed E-state index contributed by atoms with van der Waals surface area (Å²) in [6.45, 7) is 4.53. The number of carbonyl (C=O) groups excluding carboxylic acids is 2. The molecule has 1 aromatic heterocycles. The van der Waals surface area contributed by atoms with Gasteiger partial charge in [-0.05, 0) is 60.9 Å². The zero-order valence-electron chi connectivity index (χ0n) is 14.9. The number of amides is 1. The molecule has 1 N–H and O–H groups in total. The molecule has 27 heavy (non-hydrogen) atoms. The van der Waals surface area contributed by atoms with Gasteiger partial charge in [-0.1, -0.05) is 34.1 Å². The molecule has 4 nitrogen and oxygen atoms in total. The lowest BCUT2D eigenvalue weighted by Gasteiger charge is -2.11. The Morgan fingerprint density at radius 1 is 1.07 bits per heavy atom. The first-order valence-corrected chi connectivity index (χ1v) is 9.16. The summed E-state index contributed by atoms with van der Waals surface area (Å²) in [4.78, 5) is 24.9. The Labute approximate surface area is 165 Å². The fourth-order valence-electron chi connectivity index (χ4n) is 2.74. The normalized spacial score (nSPS) is 10.7. The van der Waals surface area contributed by atoms with Crippen LogP contribution in [0.5, 0.6) is 0 Å². The number of hydrogen-bond acceptors (Lipinski definition) is 2. The Bertz CT molecular complexity index is 1030. The van der Waals surface area contributed by atoms with Gasteiger partial charge in [0.1, 0.15) is 5.82 Å². The summed E-state index contributed by atoms with van der Waals surface area (Å²) in [6.07, 6.45) is 1.75. The number of rotatable bonds is 5. The molecule has 138 valence electrons. The van der Waals surface area contributed by atoms with E-state index in [1.54, 1.807) is 29.0 Å². The maximum atomic E-state index is 13.9. The van der Waals surface area contributed by atoms with E-state index in [9.17, 15) is 14.0 Å². The molecule has 2 aromatic carbocycles. The SMILES string of the molecule is Cc1ccc(Cn2cccc2C(=O)C(=O)Nc2ccc(Br)cc2F)cc1C. The molecule has 0 saturated heterocycles. The Morgan fingerprint density at radius 2 is 1.85 bits per heavy atom. The van der Waals surface area contributed by atoms with Crippen molar-refractivity contribution >= 4 is 33.3 Å². The predicted molar refractivity (Wildman–Crippen MR) is 107 cm³/mol. The van der Waals surface area contributed by atoms with Crippen LogP contribution < -0.4 is 5.32 Å². The highest BCUT2D eigenvalue weighted by Gasteiger charge is 2.21. The lowest BCUT2D eigenvalue weighted by molar-refractivity contribution is -0.112. The number of carbonyl (C=O) groups is 2.